The van der Waals surface area contributed by atoms with Crippen LogP contribution in [0.2, 0.25) is 0 Å². The predicted octanol–water partition coefficient (Wildman–Crippen LogP) is 6.97. The van der Waals surface area contributed by atoms with Crippen molar-refractivity contribution in [3.8, 4) is 17.6 Å². The summed E-state index contributed by atoms with van der Waals surface area (Å²) in [6, 6.07) is 8.30. The number of ether oxygens (including phenoxy) is 2. The van der Waals surface area contributed by atoms with Gasteiger partial charge in [0.25, 0.3) is 15.7 Å². The fraction of sp³-hybridized carbons (Fsp3) is 0.444. The van der Waals surface area contributed by atoms with E-state index in [4.69, 9.17) is 19.3 Å². The Labute approximate surface area is 491 Å². The van der Waals surface area contributed by atoms with Gasteiger partial charge in [-0.05, 0) is 95.7 Å². The Kier molecular flexibility index (Phi) is 20.1. The summed E-state index contributed by atoms with van der Waals surface area (Å²) in [5.41, 5.74) is 3.01. The largest absolute Gasteiger partial charge is 0.748 e. The highest BCUT2D eigenvalue weighted by atomic mass is 32.2. The van der Waals surface area contributed by atoms with Gasteiger partial charge in [0, 0.05) is 77.3 Å². The molecule has 1 amide bonds. The van der Waals surface area contributed by atoms with Crippen molar-refractivity contribution in [2.45, 2.75) is 122 Å². The van der Waals surface area contributed by atoms with Gasteiger partial charge in [0.15, 0.2) is 5.71 Å². The summed E-state index contributed by atoms with van der Waals surface area (Å²) in [4.78, 5) is 79.6. The smallest absolute Gasteiger partial charge is 0.490 e. The van der Waals surface area contributed by atoms with E-state index < -0.39 is 95.9 Å². The third kappa shape index (κ3) is 16.9. The number of fused-ring (bicyclic) bond motifs is 3. The Morgan fingerprint density at radius 3 is 2.36 bits per heavy atom. The SMILES string of the molecule is CCN1c2cc3c(cc2C(C)=CC1(C)C)C(=CC=CC=CC1=[N+](CCCS(=O)(=O)[O-])c2ccc(S(=O)(=O)O)cc2C1(C)CCCC(=O)NCC#Cc1cn([C@H]2CC[C@@H](COP(=O)(O)OP(=O)(O)OP(=O)(O)O)O2)c(=O)[nH]c1=O)C=C(C(C)(C)C)O3. The molecule has 1 fully saturated rings. The summed E-state index contributed by atoms with van der Waals surface area (Å²) >= 11 is 0. The lowest BCUT2D eigenvalue weighted by Crippen LogP contribution is -2.45. The molecule has 0 spiro atoms. The average molecular weight is 1280 g/mol. The second-order valence-electron chi connectivity index (χ2n) is 22.3. The van der Waals surface area contributed by atoms with Gasteiger partial charge in [0.2, 0.25) is 11.6 Å². The van der Waals surface area contributed by atoms with Crippen molar-refractivity contribution in [1.82, 2.24) is 14.9 Å². The summed E-state index contributed by atoms with van der Waals surface area (Å²) in [7, 11) is -26.2. The van der Waals surface area contributed by atoms with Crippen molar-refractivity contribution in [3.63, 3.8) is 0 Å². The monoisotopic (exact) mass is 1280 g/mol. The van der Waals surface area contributed by atoms with Gasteiger partial charge < -0.3 is 43.8 Å². The summed E-state index contributed by atoms with van der Waals surface area (Å²) in [6.45, 7) is 16.4. The Balaban J connectivity index is 1.08. The van der Waals surface area contributed by atoms with Gasteiger partial charge in [-0.25, -0.2) is 26.9 Å². The van der Waals surface area contributed by atoms with Crippen molar-refractivity contribution < 1.29 is 91.2 Å². The maximum Gasteiger partial charge on any atom is 0.490 e. The first-order chi connectivity index (χ1) is 39.3. The Morgan fingerprint density at radius 1 is 0.988 bits per heavy atom. The second-order valence-corrected chi connectivity index (χ2v) is 29.6. The van der Waals surface area contributed by atoms with Gasteiger partial charge in [-0.2, -0.15) is 21.6 Å². The molecule has 0 saturated carbocycles. The third-order valence-electron chi connectivity index (χ3n) is 14.4. The normalized spacial score (nSPS) is 21.6. The Bertz CT molecular complexity index is 3930. The van der Waals surface area contributed by atoms with Crippen LogP contribution in [0.15, 0.2) is 99.3 Å². The van der Waals surface area contributed by atoms with Crippen molar-refractivity contribution >= 4 is 77.8 Å². The molecule has 0 radical (unpaired) electrons. The maximum atomic E-state index is 13.3. The summed E-state index contributed by atoms with van der Waals surface area (Å²) in [6.07, 6.45) is 12.9. The number of benzene rings is 2. The molecule has 5 atom stereocenters. The van der Waals surface area contributed by atoms with Crippen LogP contribution in [-0.4, -0.2) is 115 Å². The molecule has 4 aliphatic heterocycles. The molecule has 0 bridgehead atoms. The van der Waals surface area contributed by atoms with Crippen LogP contribution in [0.5, 0.6) is 5.75 Å². The first-order valence-corrected chi connectivity index (χ1v) is 34.2. The molecule has 85 heavy (non-hydrogen) atoms. The van der Waals surface area contributed by atoms with Crippen LogP contribution in [0.25, 0.3) is 11.1 Å². The van der Waals surface area contributed by atoms with E-state index in [0.717, 1.165) is 56.8 Å². The lowest BCUT2D eigenvalue weighted by molar-refractivity contribution is -0.437. The highest BCUT2D eigenvalue weighted by molar-refractivity contribution is 7.86. The topological polar surface area (TPSA) is 380 Å². The van der Waals surface area contributed by atoms with Crippen molar-refractivity contribution in [1.29, 1.82) is 0 Å². The minimum Gasteiger partial charge on any atom is -0.748 e. The Hall–Kier alpha value is -5.69. The van der Waals surface area contributed by atoms with E-state index in [9.17, 15) is 63.8 Å². The molecular formula is C54H68N5O21P3S2. The summed E-state index contributed by atoms with van der Waals surface area (Å²) in [5.74, 6) is 5.58. The minimum absolute atomic E-state index is 0.0276. The van der Waals surface area contributed by atoms with E-state index in [1.807, 2.05) is 31.2 Å². The zero-order valence-corrected chi connectivity index (χ0v) is 52.0. The highest BCUT2D eigenvalue weighted by Gasteiger charge is 2.48. The van der Waals surface area contributed by atoms with Crippen LogP contribution >= 0.6 is 23.5 Å². The first kappa shape index (κ1) is 66.8. The number of carbonyl (C=O) groups is 1. The van der Waals surface area contributed by atoms with E-state index in [1.54, 1.807) is 16.7 Å². The number of hydrogen-bond donors (Lipinski definition) is 7. The number of nitrogens with one attached hydrogen (secondary N) is 2. The van der Waals surface area contributed by atoms with Crippen LogP contribution < -0.4 is 26.2 Å². The van der Waals surface area contributed by atoms with Gasteiger partial charge in [-0.3, -0.25) is 28.2 Å². The number of amides is 1. The van der Waals surface area contributed by atoms with Gasteiger partial charge in [-0.15, -0.1) is 0 Å². The van der Waals surface area contributed by atoms with Crippen LogP contribution in [0, 0.1) is 17.3 Å². The highest BCUT2D eigenvalue weighted by Crippen LogP contribution is 2.66. The number of H-pyrrole nitrogens is 1. The number of carbonyl (C=O) groups excluding carboxylic acids is 1. The zero-order chi connectivity index (χ0) is 62.9. The number of phosphoric acid groups is 3. The molecule has 4 aliphatic rings. The molecule has 2 aromatic carbocycles. The van der Waals surface area contributed by atoms with Gasteiger partial charge in [0.05, 0.1) is 45.2 Å². The predicted molar refractivity (Wildman–Crippen MR) is 312 cm³/mol. The van der Waals surface area contributed by atoms with Crippen molar-refractivity contribution in [2.75, 3.05) is 36.9 Å². The molecule has 3 aromatic rings. The van der Waals surface area contributed by atoms with Crippen LogP contribution in [0.4, 0.5) is 11.4 Å². The number of allylic oxidation sites excluding steroid dienone is 9. The number of hydrogen-bond acceptors (Lipinski definition) is 17. The molecule has 1 aromatic heterocycles. The zero-order valence-electron chi connectivity index (χ0n) is 47.7. The van der Waals surface area contributed by atoms with Crippen LogP contribution in [0.1, 0.15) is 122 Å². The second kappa shape index (κ2) is 25.6. The van der Waals surface area contributed by atoms with E-state index >= 15 is 0 Å². The molecule has 5 heterocycles. The molecule has 462 valence electrons. The molecule has 0 aliphatic carbocycles. The van der Waals surface area contributed by atoms with Crippen LogP contribution in [-0.2, 0) is 62.0 Å². The van der Waals surface area contributed by atoms with Crippen LogP contribution in [0.3, 0.4) is 0 Å². The maximum absolute atomic E-state index is 13.3. The quantitative estimate of drug-likeness (QED) is 0.0175. The third-order valence-corrected chi connectivity index (χ3v) is 19.8. The van der Waals surface area contributed by atoms with E-state index in [-0.39, 0.29) is 68.1 Å². The van der Waals surface area contributed by atoms with Gasteiger partial charge >= 0.3 is 29.2 Å². The standard InChI is InChI=1S/C54H68N5O21P3S2/c1-9-59-44-31-45-41(30-40(44)35(2)32-53(59,6)7)36(28-47(78-45)52(3,4)5)16-11-10-12-18-46-54(8,42-29-39(85(73,74)75)21-22-43(42)57(46)26-15-27-84(70,71)72)24-13-19-48(60)55-25-14-17-37-33-58(51(62)56-50(37)61)49-23-20-38(77-49)34-76-82(66,67)80-83(68,69)79-81(63,64)65/h10-12,16,18,21-22,28-33,38,49H,9,13,15,19-20,23-27,34H2,1-8H3,(H7-,55,56,60,61,62,63,64,65,66,67,68,69,70,71,72,73,74,75)/t38-,49+,54?/m0/s1. The molecule has 3 unspecified atom stereocenters. The number of likely N-dealkylation sites (N-methyl/N-ethyl adjacent to an activating group) is 1. The van der Waals surface area contributed by atoms with Gasteiger partial charge in [-0.1, -0.05) is 63.0 Å². The van der Waals surface area contributed by atoms with E-state index in [1.165, 1.54) is 18.2 Å². The lowest BCUT2D eigenvalue weighted by Gasteiger charge is -2.43. The first-order valence-electron chi connectivity index (χ1n) is 26.7. The summed E-state index contributed by atoms with van der Waals surface area (Å²) < 4.78 is 132. The van der Waals surface area contributed by atoms with Gasteiger partial charge in [0.1, 0.15) is 29.8 Å². The molecule has 31 heteroatoms. The molecule has 26 nitrogen and oxygen atoms in total. The number of aromatic amines is 1. The number of anilines is 1. The average Bonchev–Trinajstić information content (AvgIpc) is 1.82. The van der Waals surface area contributed by atoms with E-state index in [2.05, 4.69) is 107 Å². The summed E-state index contributed by atoms with van der Waals surface area (Å²) in [5, 5.41) is 2.65. The number of rotatable bonds is 22. The number of nitrogens with zero attached hydrogens (tertiary/aromatic N) is 3. The fourth-order valence-electron chi connectivity index (χ4n) is 10.6. The van der Waals surface area contributed by atoms with Crippen molar-refractivity contribution in [2.24, 2.45) is 5.41 Å². The number of phosphoric ester groups is 1. The number of aromatic nitrogens is 2. The lowest BCUT2D eigenvalue weighted by atomic mass is 9.75. The van der Waals surface area contributed by atoms with E-state index in [0.29, 0.717) is 17.0 Å². The molecule has 1 saturated heterocycles. The fourth-order valence-corrected chi connectivity index (χ4v) is 14.6. The van der Waals surface area contributed by atoms with Crippen molar-refractivity contribution in [3.05, 3.63) is 128 Å². The molecule has 7 rings (SSSR count). The molecular weight excluding hydrogens is 1210 g/mol. The Morgan fingerprint density at radius 2 is 1.71 bits per heavy atom. The molecule has 7 N–H and O–H groups in total. The minimum atomic E-state index is -5.77.